The fraction of sp³-hybridized carbons (Fsp3) is 0.647. The number of nitrogens with zero attached hydrogens (tertiary/aromatic N) is 2. The van der Waals surface area contributed by atoms with Crippen LogP contribution < -0.4 is 10.1 Å². The first kappa shape index (κ1) is 16.3. The number of ether oxygens (including phenoxy) is 1. The first-order valence-corrected chi connectivity index (χ1v) is 10.2. The van der Waals surface area contributed by atoms with Gasteiger partial charge in [0, 0.05) is 51.7 Å². The molecule has 2 fully saturated rings. The van der Waals surface area contributed by atoms with Crippen LogP contribution in [0.1, 0.15) is 18.9 Å². The second-order valence-electron chi connectivity index (χ2n) is 6.99. The summed E-state index contributed by atoms with van der Waals surface area (Å²) in [6, 6.07) is 5.63. The zero-order valence-corrected chi connectivity index (χ0v) is 14.9. The standard InChI is InChI=1S/C17H25N3O3S/c1-13-10-14-11-16(2-3-17(14)23-13)24(21,22)20-7-4-15(12-20)19-8-5-18-6-9-19/h2-3,11,13,15,18H,4-10,12H2,1H3. The molecule has 4 rings (SSSR count). The molecule has 0 aliphatic carbocycles. The predicted molar refractivity (Wildman–Crippen MR) is 91.8 cm³/mol. The van der Waals surface area contributed by atoms with Crippen molar-refractivity contribution in [1.82, 2.24) is 14.5 Å². The topological polar surface area (TPSA) is 61.9 Å². The molecule has 0 bridgehead atoms. The van der Waals surface area contributed by atoms with E-state index in [1.165, 1.54) is 0 Å². The molecule has 24 heavy (non-hydrogen) atoms. The van der Waals surface area contributed by atoms with Gasteiger partial charge in [0.1, 0.15) is 11.9 Å². The van der Waals surface area contributed by atoms with Gasteiger partial charge in [0.15, 0.2) is 0 Å². The fourth-order valence-electron chi connectivity index (χ4n) is 3.98. The lowest BCUT2D eigenvalue weighted by atomic mass is 10.1. The predicted octanol–water partition coefficient (Wildman–Crippen LogP) is 0.678. The van der Waals surface area contributed by atoms with Gasteiger partial charge >= 0.3 is 0 Å². The molecule has 1 aromatic rings. The molecule has 2 atom stereocenters. The van der Waals surface area contributed by atoms with Crippen molar-refractivity contribution in [1.29, 1.82) is 0 Å². The highest BCUT2D eigenvalue weighted by Crippen LogP contribution is 2.32. The lowest BCUT2D eigenvalue weighted by molar-refractivity contribution is 0.179. The van der Waals surface area contributed by atoms with E-state index < -0.39 is 10.0 Å². The van der Waals surface area contributed by atoms with Crippen molar-refractivity contribution in [2.45, 2.75) is 36.8 Å². The molecule has 0 saturated carbocycles. The first-order chi connectivity index (χ1) is 11.5. The van der Waals surface area contributed by atoms with Crippen LogP contribution in [0.3, 0.4) is 0 Å². The second-order valence-corrected chi connectivity index (χ2v) is 8.93. The molecule has 3 aliphatic heterocycles. The molecular weight excluding hydrogens is 326 g/mol. The van der Waals surface area contributed by atoms with E-state index in [1.54, 1.807) is 22.5 Å². The molecule has 0 amide bonds. The van der Waals surface area contributed by atoms with Crippen LogP contribution in [0, 0.1) is 0 Å². The van der Waals surface area contributed by atoms with Crippen LogP contribution in [0.25, 0.3) is 0 Å². The zero-order chi connectivity index (χ0) is 16.7. The van der Waals surface area contributed by atoms with Crippen LogP contribution in [0.4, 0.5) is 0 Å². The Labute approximate surface area is 143 Å². The third kappa shape index (κ3) is 2.94. The van der Waals surface area contributed by atoms with Crippen LogP contribution in [0.15, 0.2) is 23.1 Å². The fourth-order valence-corrected chi connectivity index (χ4v) is 5.53. The molecule has 3 heterocycles. The normalized spacial score (nSPS) is 28.7. The van der Waals surface area contributed by atoms with Gasteiger partial charge in [-0.2, -0.15) is 4.31 Å². The number of sulfonamides is 1. The van der Waals surface area contributed by atoms with Crippen LogP contribution in [-0.2, 0) is 16.4 Å². The third-order valence-corrected chi connectivity index (χ3v) is 7.16. The van der Waals surface area contributed by atoms with Crippen LogP contribution in [-0.4, -0.2) is 69.0 Å². The summed E-state index contributed by atoms with van der Waals surface area (Å²) in [6.07, 6.45) is 1.83. The SMILES string of the molecule is CC1Cc2cc(S(=O)(=O)N3CCC(N4CCNCC4)C3)ccc2O1. The number of hydrogen-bond donors (Lipinski definition) is 1. The number of nitrogens with one attached hydrogen (secondary N) is 1. The Morgan fingerprint density at radius 1 is 1.21 bits per heavy atom. The van der Waals surface area contributed by atoms with Gasteiger partial charge in [-0.15, -0.1) is 0 Å². The third-order valence-electron chi connectivity index (χ3n) is 5.30. The smallest absolute Gasteiger partial charge is 0.243 e. The molecular formula is C17H25N3O3S. The van der Waals surface area contributed by atoms with Gasteiger partial charge in [0.05, 0.1) is 4.90 Å². The molecule has 0 aromatic heterocycles. The Kier molecular flexibility index (Phi) is 4.28. The van der Waals surface area contributed by atoms with E-state index >= 15 is 0 Å². The van der Waals surface area contributed by atoms with Crippen molar-refractivity contribution in [2.24, 2.45) is 0 Å². The van der Waals surface area contributed by atoms with E-state index in [0.29, 0.717) is 24.0 Å². The zero-order valence-electron chi connectivity index (χ0n) is 14.1. The molecule has 0 radical (unpaired) electrons. The maximum atomic E-state index is 13.0. The molecule has 1 aromatic carbocycles. The highest BCUT2D eigenvalue weighted by atomic mass is 32.2. The average Bonchev–Trinajstić information content (AvgIpc) is 3.21. The largest absolute Gasteiger partial charge is 0.490 e. The lowest BCUT2D eigenvalue weighted by Crippen LogP contribution is -2.49. The minimum atomic E-state index is -3.41. The summed E-state index contributed by atoms with van der Waals surface area (Å²) in [5.41, 5.74) is 1.00. The monoisotopic (exact) mass is 351 g/mol. The minimum absolute atomic E-state index is 0.127. The van der Waals surface area contributed by atoms with Crippen molar-refractivity contribution in [2.75, 3.05) is 39.3 Å². The molecule has 3 aliphatic rings. The molecule has 2 saturated heterocycles. The van der Waals surface area contributed by atoms with Crippen molar-refractivity contribution >= 4 is 10.0 Å². The Bertz CT molecular complexity index is 716. The van der Waals surface area contributed by atoms with Crippen molar-refractivity contribution in [3.63, 3.8) is 0 Å². The van der Waals surface area contributed by atoms with E-state index in [-0.39, 0.29) is 6.10 Å². The Morgan fingerprint density at radius 2 is 2.00 bits per heavy atom. The molecule has 2 unspecified atom stereocenters. The van der Waals surface area contributed by atoms with Gasteiger partial charge in [-0.25, -0.2) is 8.42 Å². The van der Waals surface area contributed by atoms with Gasteiger partial charge in [-0.3, -0.25) is 4.90 Å². The van der Waals surface area contributed by atoms with Gasteiger partial charge in [0.2, 0.25) is 10.0 Å². The van der Waals surface area contributed by atoms with Gasteiger partial charge in [-0.1, -0.05) is 0 Å². The van der Waals surface area contributed by atoms with Gasteiger partial charge in [0.25, 0.3) is 0 Å². The van der Waals surface area contributed by atoms with Crippen LogP contribution in [0.5, 0.6) is 5.75 Å². The first-order valence-electron chi connectivity index (χ1n) is 8.78. The summed E-state index contributed by atoms with van der Waals surface area (Å²) < 4.78 is 33.3. The molecule has 1 N–H and O–H groups in total. The van der Waals surface area contributed by atoms with Crippen molar-refractivity contribution in [3.8, 4) is 5.75 Å². The Hall–Kier alpha value is -1.15. The summed E-state index contributed by atoms with van der Waals surface area (Å²) in [7, 11) is -3.41. The van der Waals surface area contributed by atoms with E-state index in [4.69, 9.17) is 4.74 Å². The van der Waals surface area contributed by atoms with Gasteiger partial charge in [-0.05, 0) is 37.1 Å². The van der Waals surface area contributed by atoms with Gasteiger partial charge < -0.3 is 10.1 Å². The number of rotatable bonds is 3. The highest BCUT2D eigenvalue weighted by molar-refractivity contribution is 7.89. The number of fused-ring (bicyclic) bond motifs is 1. The van der Waals surface area contributed by atoms with Crippen LogP contribution >= 0.6 is 0 Å². The van der Waals surface area contributed by atoms with E-state index in [1.807, 2.05) is 6.92 Å². The maximum Gasteiger partial charge on any atom is 0.243 e. The highest BCUT2D eigenvalue weighted by Gasteiger charge is 2.36. The van der Waals surface area contributed by atoms with E-state index in [2.05, 4.69) is 10.2 Å². The lowest BCUT2D eigenvalue weighted by Gasteiger charge is -2.32. The number of benzene rings is 1. The molecule has 7 heteroatoms. The number of hydrogen-bond acceptors (Lipinski definition) is 5. The summed E-state index contributed by atoms with van der Waals surface area (Å²) in [5.74, 6) is 0.821. The molecule has 6 nitrogen and oxygen atoms in total. The quantitative estimate of drug-likeness (QED) is 0.868. The summed E-state index contributed by atoms with van der Waals surface area (Å²) >= 11 is 0. The summed E-state index contributed by atoms with van der Waals surface area (Å²) in [6.45, 7) is 7.22. The minimum Gasteiger partial charge on any atom is -0.490 e. The molecule has 132 valence electrons. The summed E-state index contributed by atoms with van der Waals surface area (Å²) in [5, 5.41) is 3.35. The van der Waals surface area contributed by atoms with Crippen molar-refractivity contribution in [3.05, 3.63) is 23.8 Å². The Morgan fingerprint density at radius 3 is 2.79 bits per heavy atom. The molecule has 0 spiro atoms. The maximum absolute atomic E-state index is 13.0. The summed E-state index contributed by atoms with van der Waals surface area (Å²) in [4.78, 5) is 2.82. The average molecular weight is 351 g/mol. The number of piperazine rings is 1. The van der Waals surface area contributed by atoms with E-state index in [9.17, 15) is 8.42 Å². The second kappa shape index (κ2) is 6.29. The van der Waals surface area contributed by atoms with E-state index in [0.717, 1.165) is 50.3 Å². The Balaban J connectivity index is 1.50. The van der Waals surface area contributed by atoms with Crippen LogP contribution in [0.2, 0.25) is 0 Å². The van der Waals surface area contributed by atoms with Crippen molar-refractivity contribution < 1.29 is 13.2 Å².